The zero-order valence-corrected chi connectivity index (χ0v) is 18.0. The molecule has 3 rings (SSSR count). The Kier molecular flexibility index (Phi) is 6.90. The van der Waals surface area contributed by atoms with Gasteiger partial charge in [-0.15, -0.1) is 0 Å². The number of nitrogens with one attached hydrogen (secondary N) is 1. The molecular formula is C21H19BrN2O4S. The molecule has 0 aromatic heterocycles. The number of hydrazone groups is 1. The maximum atomic E-state index is 12.2. The van der Waals surface area contributed by atoms with Crippen molar-refractivity contribution in [3.63, 3.8) is 0 Å². The second-order valence-corrected chi connectivity index (χ2v) is 8.57. The highest BCUT2D eigenvalue weighted by Crippen LogP contribution is 2.28. The Labute approximate surface area is 178 Å². The summed E-state index contributed by atoms with van der Waals surface area (Å²) in [6.45, 7) is 0.366. The molecule has 0 fully saturated rings. The van der Waals surface area contributed by atoms with Crippen molar-refractivity contribution in [2.75, 3.05) is 7.11 Å². The molecular weight excluding hydrogens is 456 g/mol. The average Bonchev–Trinajstić information content (AvgIpc) is 2.74. The van der Waals surface area contributed by atoms with Gasteiger partial charge >= 0.3 is 0 Å². The van der Waals surface area contributed by atoms with E-state index in [-0.39, 0.29) is 4.90 Å². The number of nitrogens with zero attached hydrogens (tertiary/aromatic N) is 1. The van der Waals surface area contributed by atoms with Crippen molar-refractivity contribution in [1.82, 2.24) is 4.83 Å². The molecule has 0 unspecified atom stereocenters. The van der Waals surface area contributed by atoms with Crippen molar-refractivity contribution >= 4 is 32.2 Å². The van der Waals surface area contributed by atoms with Gasteiger partial charge in [0.2, 0.25) is 0 Å². The number of halogens is 1. The highest BCUT2D eigenvalue weighted by Gasteiger charge is 2.11. The normalized spacial score (nSPS) is 11.4. The molecule has 3 aromatic carbocycles. The molecule has 150 valence electrons. The third-order valence-corrected chi connectivity index (χ3v) is 5.70. The molecule has 0 bridgehead atoms. The van der Waals surface area contributed by atoms with E-state index in [1.165, 1.54) is 18.3 Å². The molecule has 0 spiro atoms. The second kappa shape index (κ2) is 9.58. The van der Waals surface area contributed by atoms with Gasteiger partial charge in [-0.2, -0.15) is 13.5 Å². The van der Waals surface area contributed by atoms with Gasteiger partial charge in [0.15, 0.2) is 11.5 Å². The van der Waals surface area contributed by atoms with Crippen molar-refractivity contribution in [2.45, 2.75) is 11.5 Å². The molecule has 0 amide bonds. The summed E-state index contributed by atoms with van der Waals surface area (Å²) in [5.74, 6) is 1.11. The van der Waals surface area contributed by atoms with Crippen LogP contribution in [0.3, 0.4) is 0 Å². The third kappa shape index (κ3) is 5.82. The van der Waals surface area contributed by atoms with Gasteiger partial charge in [-0.25, -0.2) is 4.83 Å². The van der Waals surface area contributed by atoms with Crippen molar-refractivity contribution < 1.29 is 17.9 Å². The van der Waals surface area contributed by atoms with Crippen LogP contribution in [-0.2, 0) is 16.6 Å². The van der Waals surface area contributed by atoms with Gasteiger partial charge in [0.05, 0.1) is 18.2 Å². The topological polar surface area (TPSA) is 77.0 Å². The minimum Gasteiger partial charge on any atom is -0.493 e. The first-order valence-corrected chi connectivity index (χ1v) is 10.9. The van der Waals surface area contributed by atoms with Gasteiger partial charge in [-0.3, -0.25) is 0 Å². The highest BCUT2D eigenvalue weighted by atomic mass is 79.9. The lowest BCUT2D eigenvalue weighted by Crippen LogP contribution is -2.18. The summed E-state index contributed by atoms with van der Waals surface area (Å²) in [7, 11) is -2.15. The van der Waals surface area contributed by atoms with Crippen molar-refractivity contribution in [2.24, 2.45) is 5.10 Å². The van der Waals surface area contributed by atoms with Crippen LogP contribution in [0.15, 0.2) is 87.3 Å². The number of hydrogen-bond acceptors (Lipinski definition) is 5. The van der Waals surface area contributed by atoms with Crippen LogP contribution in [0, 0.1) is 0 Å². The molecule has 0 saturated heterocycles. The van der Waals surface area contributed by atoms with E-state index in [1.54, 1.807) is 43.5 Å². The molecule has 0 radical (unpaired) electrons. The van der Waals surface area contributed by atoms with Crippen LogP contribution in [0.2, 0.25) is 0 Å². The van der Waals surface area contributed by atoms with Crippen LogP contribution < -0.4 is 14.3 Å². The van der Waals surface area contributed by atoms with Crippen LogP contribution in [0.4, 0.5) is 0 Å². The predicted octanol–water partition coefficient (Wildman–Crippen LogP) is 4.35. The van der Waals surface area contributed by atoms with Crippen molar-refractivity contribution in [3.8, 4) is 11.5 Å². The molecule has 0 heterocycles. The van der Waals surface area contributed by atoms with E-state index < -0.39 is 10.0 Å². The maximum absolute atomic E-state index is 12.2. The molecule has 1 N–H and O–H groups in total. The van der Waals surface area contributed by atoms with Gasteiger partial charge < -0.3 is 9.47 Å². The summed E-state index contributed by atoms with van der Waals surface area (Å²) < 4.78 is 36.6. The summed E-state index contributed by atoms with van der Waals surface area (Å²) >= 11 is 3.40. The molecule has 29 heavy (non-hydrogen) atoms. The van der Waals surface area contributed by atoms with E-state index in [4.69, 9.17) is 9.47 Å². The van der Waals surface area contributed by atoms with Gasteiger partial charge in [-0.1, -0.05) is 46.3 Å². The fourth-order valence-corrected chi connectivity index (χ4v) is 3.53. The van der Waals surface area contributed by atoms with E-state index in [9.17, 15) is 8.42 Å². The molecule has 0 atom stereocenters. The molecule has 0 aliphatic rings. The number of sulfonamides is 1. The zero-order valence-electron chi connectivity index (χ0n) is 15.6. The Hall–Kier alpha value is -2.84. The highest BCUT2D eigenvalue weighted by molar-refractivity contribution is 9.10. The Morgan fingerprint density at radius 3 is 2.41 bits per heavy atom. The summed E-state index contributed by atoms with van der Waals surface area (Å²) in [6.07, 6.45) is 1.41. The Balaban J connectivity index is 1.70. The maximum Gasteiger partial charge on any atom is 0.276 e. The number of benzene rings is 3. The van der Waals surface area contributed by atoms with E-state index in [2.05, 4.69) is 25.9 Å². The zero-order chi connectivity index (χ0) is 20.7. The third-order valence-electron chi connectivity index (χ3n) is 3.94. The lowest BCUT2D eigenvalue weighted by Gasteiger charge is -2.11. The molecule has 6 nitrogen and oxygen atoms in total. The van der Waals surface area contributed by atoms with Crippen molar-refractivity contribution in [1.29, 1.82) is 0 Å². The molecule has 3 aromatic rings. The van der Waals surface area contributed by atoms with Crippen LogP contribution in [0.5, 0.6) is 11.5 Å². The van der Waals surface area contributed by atoms with E-state index >= 15 is 0 Å². The van der Waals surface area contributed by atoms with Gasteiger partial charge in [0.25, 0.3) is 10.0 Å². The summed E-state index contributed by atoms with van der Waals surface area (Å²) in [6, 6.07) is 21.1. The smallest absolute Gasteiger partial charge is 0.276 e. The Morgan fingerprint density at radius 1 is 1.00 bits per heavy atom. The summed E-state index contributed by atoms with van der Waals surface area (Å²) in [5, 5.41) is 3.85. The number of methoxy groups -OCH3 is 1. The SMILES string of the molecule is COc1ccc(C=NNS(=O)(=O)c2ccccc2)cc1OCc1ccc(Br)cc1. The molecule has 0 aliphatic carbocycles. The first-order valence-electron chi connectivity index (χ1n) is 8.63. The predicted molar refractivity (Wildman–Crippen MR) is 116 cm³/mol. The molecule has 8 heteroatoms. The summed E-state index contributed by atoms with van der Waals surface area (Å²) in [4.78, 5) is 2.34. The lowest BCUT2D eigenvalue weighted by molar-refractivity contribution is 0.284. The van der Waals surface area contributed by atoms with Crippen molar-refractivity contribution in [3.05, 3.63) is 88.4 Å². The average molecular weight is 475 g/mol. The minimum atomic E-state index is -3.71. The summed E-state index contributed by atoms with van der Waals surface area (Å²) in [5.41, 5.74) is 1.66. The fraction of sp³-hybridized carbons (Fsp3) is 0.0952. The second-order valence-electron chi connectivity index (χ2n) is 5.99. The Morgan fingerprint density at radius 2 is 1.72 bits per heavy atom. The van der Waals surface area contributed by atoms with E-state index in [0.717, 1.165) is 10.0 Å². The quantitative estimate of drug-likeness (QED) is 0.388. The minimum absolute atomic E-state index is 0.144. The molecule has 0 aliphatic heterocycles. The van der Waals surface area contributed by atoms with Crippen LogP contribution in [0.25, 0.3) is 0 Å². The van der Waals surface area contributed by atoms with E-state index in [0.29, 0.717) is 23.7 Å². The number of rotatable bonds is 8. The van der Waals surface area contributed by atoms with Gasteiger partial charge in [0.1, 0.15) is 6.61 Å². The van der Waals surface area contributed by atoms with Crippen LogP contribution >= 0.6 is 15.9 Å². The number of hydrogen-bond donors (Lipinski definition) is 1. The van der Waals surface area contributed by atoms with Crippen LogP contribution in [-0.4, -0.2) is 21.7 Å². The first kappa shape index (κ1) is 20.9. The van der Waals surface area contributed by atoms with Gasteiger partial charge in [-0.05, 0) is 53.6 Å². The van der Waals surface area contributed by atoms with Crippen LogP contribution in [0.1, 0.15) is 11.1 Å². The standard InChI is InChI=1S/C21H19BrN2O4S/c1-27-20-12-9-17(13-21(20)28-15-16-7-10-18(22)11-8-16)14-23-24-29(25,26)19-5-3-2-4-6-19/h2-14,24H,15H2,1H3. The lowest BCUT2D eigenvalue weighted by atomic mass is 10.2. The fourth-order valence-electron chi connectivity index (χ4n) is 2.45. The van der Waals surface area contributed by atoms with Gasteiger partial charge in [0, 0.05) is 4.47 Å². The Bertz CT molecular complexity index is 1090. The monoisotopic (exact) mass is 474 g/mol. The first-order chi connectivity index (χ1) is 14.0. The van der Waals surface area contributed by atoms with E-state index in [1.807, 2.05) is 24.3 Å². The number of ether oxygens (including phenoxy) is 2. The largest absolute Gasteiger partial charge is 0.493 e. The molecule has 0 saturated carbocycles.